The number of likely N-dealkylation sites (tertiary alicyclic amines) is 1. The number of aromatic amines is 2. The van der Waals surface area contributed by atoms with Crippen molar-refractivity contribution >= 4 is 9.84 Å². The van der Waals surface area contributed by atoms with Crippen molar-refractivity contribution in [3.8, 4) is 0 Å². The molecule has 20 heavy (non-hydrogen) atoms. The van der Waals surface area contributed by atoms with Crippen molar-refractivity contribution in [2.75, 3.05) is 19.3 Å². The third-order valence-electron chi connectivity index (χ3n) is 3.66. The van der Waals surface area contributed by atoms with Gasteiger partial charge in [0.1, 0.15) is 4.90 Å². The molecule has 0 bridgehead atoms. The van der Waals surface area contributed by atoms with E-state index in [9.17, 15) is 8.42 Å². The number of hydrogen-bond donors (Lipinski definition) is 2. The molecule has 0 amide bonds. The van der Waals surface area contributed by atoms with Crippen LogP contribution in [0.25, 0.3) is 0 Å². The van der Waals surface area contributed by atoms with Crippen LogP contribution in [0, 0.1) is 0 Å². The van der Waals surface area contributed by atoms with E-state index in [1.807, 2.05) is 6.20 Å². The molecule has 0 aromatic carbocycles. The van der Waals surface area contributed by atoms with Crippen LogP contribution in [0.5, 0.6) is 0 Å². The van der Waals surface area contributed by atoms with Gasteiger partial charge in [-0.1, -0.05) is 0 Å². The fourth-order valence-electron chi connectivity index (χ4n) is 2.70. The van der Waals surface area contributed by atoms with Crippen LogP contribution in [0.4, 0.5) is 0 Å². The minimum atomic E-state index is -3.22. The van der Waals surface area contributed by atoms with E-state index in [0.717, 1.165) is 37.4 Å². The molecule has 2 N–H and O–H groups in total. The lowest BCUT2D eigenvalue weighted by atomic mass is 10.1. The summed E-state index contributed by atoms with van der Waals surface area (Å²) in [6.45, 7) is 2.56. The van der Waals surface area contributed by atoms with Gasteiger partial charge in [0, 0.05) is 37.2 Å². The molecule has 1 aliphatic rings. The summed E-state index contributed by atoms with van der Waals surface area (Å²) in [4.78, 5) is 9.69. The van der Waals surface area contributed by atoms with Gasteiger partial charge in [0.2, 0.25) is 0 Å². The Hall–Kier alpha value is -1.67. The zero-order valence-corrected chi connectivity index (χ0v) is 12.0. The minimum Gasteiger partial charge on any atom is -0.347 e. The second kappa shape index (κ2) is 5.02. The molecule has 1 aliphatic heterocycles. The third-order valence-corrected chi connectivity index (χ3v) is 4.79. The molecule has 0 saturated carbocycles. The highest BCUT2D eigenvalue weighted by Crippen LogP contribution is 2.30. The maximum absolute atomic E-state index is 11.7. The summed E-state index contributed by atoms with van der Waals surface area (Å²) in [7, 11) is -3.22. The van der Waals surface area contributed by atoms with Crippen LogP contribution in [0.3, 0.4) is 0 Å². The van der Waals surface area contributed by atoms with Crippen LogP contribution >= 0.6 is 0 Å². The van der Waals surface area contributed by atoms with Gasteiger partial charge in [-0.3, -0.25) is 10.00 Å². The molecule has 7 nitrogen and oxygen atoms in total. The number of aromatic nitrogens is 4. The molecule has 0 spiro atoms. The highest BCUT2D eigenvalue weighted by atomic mass is 32.2. The first-order valence-corrected chi connectivity index (χ1v) is 8.36. The molecule has 1 saturated heterocycles. The predicted molar refractivity (Wildman–Crippen MR) is 72.9 cm³/mol. The molecular weight excluding hydrogens is 278 g/mol. The summed E-state index contributed by atoms with van der Waals surface area (Å²) < 4.78 is 23.4. The van der Waals surface area contributed by atoms with Crippen LogP contribution in [-0.4, -0.2) is 52.8 Å². The molecule has 1 fully saturated rings. The van der Waals surface area contributed by atoms with Gasteiger partial charge in [-0.05, 0) is 13.0 Å². The zero-order valence-electron chi connectivity index (χ0n) is 11.2. The Morgan fingerprint density at radius 3 is 3.00 bits per heavy atom. The second-order valence-corrected chi connectivity index (χ2v) is 7.20. The highest BCUT2D eigenvalue weighted by molar-refractivity contribution is 7.90. The van der Waals surface area contributed by atoms with Crippen LogP contribution in [0.15, 0.2) is 23.6 Å². The average Bonchev–Trinajstić information content (AvgIpc) is 3.08. The van der Waals surface area contributed by atoms with Crippen molar-refractivity contribution in [2.45, 2.75) is 23.8 Å². The summed E-state index contributed by atoms with van der Waals surface area (Å²) in [5.41, 5.74) is 1.80. The van der Waals surface area contributed by atoms with Gasteiger partial charge in [-0.25, -0.2) is 13.4 Å². The fraction of sp³-hybridized carbons (Fsp3) is 0.500. The molecule has 2 aromatic rings. The van der Waals surface area contributed by atoms with Crippen molar-refractivity contribution in [1.82, 2.24) is 25.1 Å². The number of rotatable bonds is 4. The summed E-state index contributed by atoms with van der Waals surface area (Å²) in [6, 6.07) is 0. The topological polar surface area (TPSA) is 94.7 Å². The average molecular weight is 295 g/mol. The van der Waals surface area contributed by atoms with Crippen LogP contribution < -0.4 is 0 Å². The number of nitrogens with one attached hydrogen (secondary N) is 2. The van der Waals surface area contributed by atoms with Crippen molar-refractivity contribution in [3.05, 3.63) is 30.1 Å². The lowest BCUT2D eigenvalue weighted by Gasteiger charge is -2.14. The number of hydrogen-bond acceptors (Lipinski definition) is 5. The molecule has 108 valence electrons. The predicted octanol–water partition coefficient (Wildman–Crippen LogP) is 0.526. The maximum Gasteiger partial charge on any atom is 0.178 e. The minimum absolute atomic E-state index is 0.185. The van der Waals surface area contributed by atoms with Crippen molar-refractivity contribution in [1.29, 1.82) is 0 Å². The molecule has 0 radical (unpaired) electrons. The number of sulfone groups is 1. The van der Waals surface area contributed by atoms with Crippen molar-refractivity contribution in [2.24, 2.45) is 0 Å². The molecule has 0 aliphatic carbocycles. The SMILES string of the molecule is CS(=O)(=O)c1cn[nH]c1C1CCN(Cc2cnc[nH]2)C1. The van der Waals surface area contributed by atoms with Crippen LogP contribution in [0.2, 0.25) is 0 Å². The number of H-pyrrole nitrogens is 2. The fourth-order valence-corrected chi connectivity index (χ4v) is 3.55. The Morgan fingerprint density at radius 2 is 2.30 bits per heavy atom. The van der Waals surface area contributed by atoms with E-state index in [0.29, 0.717) is 4.90 Å². The van der Waals surface area contributed by atoms with Gasteiger partial charge in [0.15, 0.2) is 9.84 Å². The standard InChI is InChI=1S/C12H17N5O2S/c1-20(18,19)11-5-15-16-12(11)9-2-3-17(6-9)7-10-4-13-8-14-10/h4-5,8-9H,2-3,6-7H2,1H3,(H,13,14)(H,15,16). The van der Waals surface area contributed by atoms with E-state index in [4.69, 9.17) is 0 Å². The van der Waals surface area contributed by atoms with Crippen molar-refractivity contribution in [3.63, 3.8) is 0 Å². The first-order valence-electron chi connectivity index (χ1n) is 6.47. The van der Waals surface area contributed by atoms with Gasteiger partial charge < -0.3 is 4.98 Å². The molecule has 3 heterocycles. The van der Waals surface area contributed by atoms with Gasteiger partial charge in [0.05, 0.1) is 18.2 Å². The molecule has 2 aromatic heterocycles. The largest absolute Gasteiger partial charge is 0.347 e. The van der Waals surface area contributed by atoms with Crippen LogP contribution in [0.1, 0.15) is 23.7 Å². The Balaban J connectivity index is 1.73. The van der Waals surface area contributed by atoms with Crippen LogP contribution in [-0.2, 0) is 16.4 Å². The quantitative estimate of drug-likeness (QED) is 0.858. The molecule has 3 rings (SSSR count). The van der Waals surface area contributed by atoms with E-state index >= 15 is 0 Å². The molecule has 8 heteroatoms. The second-order valence-electron chi connectivity index (χ2n) is 5.22. The Bertz CT molecular complexity index is 677. The van der Waals surface area contributed by atoms with Gasteiger partial charge >= 0.3 is 0 Å². The maximum atomic E-state index is 11.7. The smallest absolute Gasteiger partial charge is 0.178 e. The first-order chi connectivity index (χ1) is 9.54. The number of imidazole rings is 1. The lowest BCUT2D eigenvalue weighted by Crippen LogP contribution is -2.20. The summed E-state index contributed by atoms with van der Waals surface area (Å²) in [5, 5.41) is 6.75. The summed E-state index contributed by atoms with van der Waals surface area (Å²) >= 11 is 0. The normalized spacial score (nSPS) is 20.6. The Morgan fingerprint density at radius 1 is 1.45 bits per heavy atom. The number of nitrogens with zero attached hydrogens (tertiary/aromatic N) is 3. The van der Waals surface area contributed by atoms with E-state index in [-0.39, 0.29) is 5.92 Å². The Labute approximate surface area is 117 Å². The zero-order chi connectivity index (χ0) is 14.2. The highest BCUT2D eigenvalue weighted by Gasteiger charge is 2.29. The molecule has 1 unspecified atom stereocenters. The molecule has 1 atom stereocenters. The van der Waals surface area contributed by atoms with Gasteiger partial charge in [-0.15, -0.1) is 0 Å². The summed E-state index contributed by atoms with van der Waals surface area (Å²) in [6.07, 6.45) is 7.03. The monoisotopic (exact) mass is 295 g/mol. The van der Waals surface area contributed by atoms with E-state index in [1.54, 1.807) is 6.33 Å². The van der Waals surface area contributed by atoms with E-state index < -0.39 is 9.84 Å². The van der Waals surface area contributed by atoms with Gasteiger partial charge in [0.25, 0.3) is 0 Å². The van der Waals surface area contributed by atoms with Gasteiger partial charge in [-0.2, -0.15) is 5.10 Å². The van der Waals surface area contributed by atoms with E-state index in [1.165, 1.54) is 12.5 Å². The lowest BCUT2D eigenvalue weighted by molar-refractivity contribution is 0.322. The van der Waals surface area contributed by atoms with Crippen molar-refractivity contribution < 1.29 is 8.42 Å². The molecular formula is C12H17N5O2S. The Kier molecular flexibility index (Phi) is 3.35. The van der Waals surface area contributed by atoms with E-state index in [2.05, 4.69) is 25.1 Å². The third kappa shape index (κ3) is 2.61. The first kappa shape index (κ1) is 13.3. The summed E-state index contributed by atoms with van der Waals surface area (Å²) in [5.74, 6) is 0.185.